The number of methoxy groups -OCH3 is 1. The summed E-state index contributed by atoms with van der Waals surface area (Å²) < 4.78 is 5.53. The average molecular weight is 281 g/mol. The minimum absolute atomic E-state index is 0.173. The van der Waals surface area contributed by atoms with Gasteiger partial charge in [0.2, 0.25) is 0 Å². The number of rotatable bonds is 3. The van der Waals surface area contributed by atoms with Gasteiger partial charge in [-0.25, -0.2) is 0 Å². The average Bonchev–Trinajstić information content (AvgIpc) is 2.56. The molecule has 0 spiro atoms. The zero-order valence-electron chi connectivity index (χ0n) is 12.6. The predicted molar refractivity (Wildman–Crippen MR) is 87.4 cm³/mol. The molecule has 2 aromatic rings. The second-order valence-corrected chi connectivity index (χ2v) is 6.00. The lowest BCUT2D eigenvalue weighted by Gasteiger charge is -2.34. The van der Waals surface area contributed by atoms with Gasteiger partial charge in [0.1, 0.15) is 5.75 Å². The molecule has 1 aliphatic rings. The van der Waals surface area contributed by atoms with E-state index >= 15 is 0 Å². The van der Waals surface area contributed by atoms with Gasteiger partial charge in [-0.05, 0) is 36.1 Å². The largest absolute Gasteiger partial charge is 0.496 e. The number of benzene rings is 2. The highest BCUT2D eigenvalue weighted by molar-refractivity contribution is 5.71. The van der Waals surface area contributed by atoms with Crippen LogP contribution < -0.4 is 10.5 Å². The van der Waals surface area contributed by atoms with Crippen LogP contribution in [0, 0.1) is 0 Å². The summed E-state index contributed by atoms with van der Waals surface area (Å²) in [5.41, 5.74) is 10.1. The zero-order valence-corrected chi connectivity index (χ0v) is 12.6. The molecule has 0 atom stereocenters. The van der Waals surface area contributed by atoms with E-state index in [1.54, 1.807) is 7.11 Å². The quantitative estimate of drug-likeness (QED) is 0.900. The van der Waals surface area contributed by atoms with Gasteiger partial charge in [-0.1, -0.05) is 55.7 Å². The lowest BCUT2D eigenvalue weighted by atomic mass is 9.77. The molecule has 2 nitrogen and oxygen atoms in total. The molecule has 2 aromatic carbocycles. The molecule has 0 radical (unpaired) electrons. The van der Waals surface area contributed by atoms with E-state index in [4.69, 9.17) is 10.5 Å². The summed E-state index contributed by atoms with van der Waals surface area (Å²) in [4.78, 5) is 0. The lowest BCUT2D eigenvalue weighted by Crippen LogP contribution is -2.38. The summed E-state index contributed by atoms with van der Waals surface area (Å²) in [7, 11) is 1.72. The van der Waals surface area contributed by atoms with Gasteiger partial charge in [0.15, 0.2) is 0 Å². The molecule has 0 aromatic heterocycles. The molecule has 0 aliphatic heterocycles. The second-order valence-electron chi connectivity index (χ2n) is 6.00. The van der Waals surface area contributed by atoms with Crippen molar-refractivity contribution in [3.63, 3.8) is 0 Å². The van der Waals surface area contributed by atoms with E-state index in [0.29, 0.717) is 0 Å². The van der Waals surface area contributed by atoms with Crippen molar-refractivity contribution in [2.45, 2.75) is 37.6 Å². The van der Waals surface area contributed by atoms with Crippen LogP contribution in [-0.2, 0) is 5.54 Å². The molecule has 110 valence electrons. The Balaban J connectivity index is 2.05. The summed E-state index contributed by atoms with van der Waals surface area (Å²) in [5, 5.41) is 0. The molecule has 0 unspecified atom stereocenters. The van der Waals surface area contributed by atoms with Crippen molar-refractivity contribution in [2.24, 2.45) is 5.73 Å². The first-order valence-electron chi connectivity index (χ1n) is 7.76. The number of hydrogen-bond acceptors (Lipinski definition) is 2. The van der Waals surface area contributed by atoms with Crippen molar-refractivity contribution < 1.29 is 4.74 Å². The fourth-order valence-corrected chi connectivity index (χ4v) is 3.33. The molecule has 1 saturated carbocycles. The smallest absolute Gasteiger partial charge is 0.126 e. The van der Waals surface area contributed by atoms with Gasteiger partial charge in [0.25, 0.3) is 0 Å². The highest BCUT2D eigenvalue weighted by Gasteiger charge is 2.30. The Morgan fingerprint density at radius 3 is 2.33 bits per heavy atom. The SMILES string of the molecule is COc1ccc(C2(N)CCCCC2)cc1-c1ccccc1. The van der Waals surface area contributed by atoms with Gasteiger partial charge in [-0.3, -0.25) is 0 Å². The van der Waals surface area contributed by atoms with Crippen LogP contribution in [0.4, 0.5) is 0 Å². The number of ether oxygens (including phenoxy) is 1. The van der Waals surface area contributed by atoms with Crippen LogP contribution in [0.2, 0.25) is 0 Å². The van der Waals surface area contributed by atoms with Crippen molar-refractivity contribution in [1.82, 2.24) is 0 Å². The summed E-state index contributed by atoms with van der Waals surface area (Å²) in [6.07, 6.45) is 5.91. The van der Waals surface area contributed by atoms with E-state index in [9.17, 15) is 0 Å². The fourth-order valence-electron chi connectivity index (χ4n) is 3.33. The van der Waals surface area contributed by atoms with Crippen molar-refractivity contribution >= 4 is 0 Å². The van der Waals surface area contributed by atoms with Gasteiger partial charge in [0.05, 0.1) is 7.11 Å². The van der Waals surface area contributed by atoms with Crippen molar-refractivity contribution in [1.29, 1.82) is 0 Å². The topological polar surface area (TPSA) is 35.2 Å². The van der Waals surface area contributed by atoms with Crippen LogP contribution in [0.3, 0.4) is 0 Å². The second kappa shape index (κ2) is 5.90. The third-order valence-corrected chi connectivity index (χ3v) is 4.60. The Hall–Kier alpha value is -1.80. The van der Waals surface area contributed by atoms with Crippen molar-refractivity contribution in [3.8, 4) is 16.9 Å². The van der Waals surface area contributed by atoms with E-state index in [0.717, 1.165) is 24.2 Å². The Bertz CT molecular complexity index is 600. The van der Waals surface area contributed by atoms with E-state index in [1.165, 1.54) is 30.4 Å². The van der Waals surface area contributed by atoms with E-state index in [2.05, 4.69) is 42.5 Å². The van der Waals surface area contributed by atoms with Gasteiger partial charge >= 0.3 is 0 Å². The molecule has 0 amide bonds. The summed E-state index contributed by atoms with van der Waals surface area (Å²) >= 11 is 0. The Labute approximate surface area is 126 Å². The number of nitrogens with two attached hydrogens (primary N) is 1. The minimum atomic E-state index is -0.173. The molecule has 2 N–H and O–H groups in total. The van der Waals surface area contributed by atoms with Gasteiger partial charge < -0.3 is 10.5 Å². The van der Waals surface area contributed by atoms with Crippen molar-refractivity contribution in [3.05, 3.63) is 54.1 Å². The maximum atomic E-state index is 6.68. The maximum Gasteiger partial charge on any atom is 0.126 e. The highest BCUT2D eigenvalue weighted by Crippen LogP contribution is 2.39. The molecule has 0 bridgehead atoms. The first-order valence-corrected chi connectivity index (χ1v) is 7.76. The number of hydrogen-bond donors (Lipinski definition) is 1. The Morgan fingerprint density at radius 2 is 1.67 bits per heavy atom. The third-order valence-electron chi connectivity index (χ3n) is 4.60. The molecule has 0 heterocycles. The molecule has 1 fully saturated rings. The molecule has 0 saturated heterocycles. The first-order chi connectivity index (χ1) is 10.2. The normalized spacial score (nSPS) is 17.4. The monoisotopic (exact) mass is 281 g/mol. The van der Waals surface area contributed by atoms with Crippen LogP contribution in [0.1, 0.15) is 37.7 Å². The molecular formula is C19H23NO. The summed E-state index contributed by atoms with van der Waals surface area (Å²) in [6, 6.07) is 16.8. The summed E-state index contributed by atoms with van der Waals surface area (Å²) in [5.74, 6) is 0.907. The molecule has 21 heavy (non-hydrogen) atoms. The molecule has 3 rings (SSSR count). The minimum Gasteiger partial charge on any atom is -0.496 e. The lowest BCUT2D eigenvalue weighted by molar-refractivity contribution is 0.302. The highest BCUT2D eigenvalue weighted by atomic mass is 16.5. The standard InChI is InChI=1S/C19H23NO/c1-21-18-11-10-16(19(20)12-6-3-7-13-19)14-17(18)15-8-4-2-5-9-15/h2,4-5,8-11,14H,3,6-7,12-13,20H2,1H3. The molecule has 1 aliphatic carbocycles. The van der Waals surface area contributed by atoms with Gasteiger partial charge in [0, 0.05) is 11.1 Å². The van der Waals surface area contributed by atoms with Gasteiger partial charge in [-0.15, -0.1) is 0 Å². The molecule has 2 heteroatoms. The third kappa shape index (κ3) is 2.81. The van der Waals surface area contributed by atoms with Crippen LogP contribution in [0.5, 0.6) is 5.75 Å². The predicted octanol–water partition coefficient (Wildman–Crippen LogP) is 4.48. The Kier molecular flexibility index (Phi) is 3.98. The van der Waals surface area contributed by atoms with Crippen LogP contribution in [0.15, 0.2) is 48.5 Å². The maximum absolute atomic E-state index is 6.68. The summed E-state index contributed by atoms with van der Waals surface area (Å²) in [6.45, 7) is 0. The Morgan fingerprint density at radius 1 is 0.952 bits per heavy atom. The first kappa shape index (κ1) is 14.2. The molecular weight excluding hydrogens is 258 g/mol. The van der Waals surface area contributed by atoms with Crippen LogP contribution in [-0.4, -0.2) is 7.11 Å². The van der Waals surface area contributed by atoms with E-state index < -0.39 is 0 Å². The van der Waals surface area contributed by atoms with Crippen LogP contribution >= 0.6 is 0 Å². The van der Waals surface area contributed by atoms with E-state index in [1.807, 2.05) is 6.07 Å². The van der Waals surface area contributed by atoms with Crippen molar-refractivity contribution in [2.75, 3.05) is 7.11 Å². The zero-order chi connectivity index (χ0) is 14.7. The fraction of sp³-hybridized carbons (Fsp3) is 0.368. The van der Waals surface area contributed by atoms with Crippen LogP contribution in [0.25, 0.3) is 11.1 Å². The van der Waals surface area contributed by atoms with E-state index in [-0.39, 0.29) is 5.54 Å². The van der Waals surface area contributed by atoms with Gasteiger partial charge in [-0.2, -0.15) is 0 Å².